The fourth-order valence-electron chi connectivity index (χ4n) is 5.89. The van der Waals surface area contributed by atoms with E-state index in [2.05, 4.69) is 0 Å². The van der Waals surface area contributed by atoms with E-state index in [9.17, 15) is 14.4 Å². The number of nitrogens with zero attached hydrogens (tertiary/aromatic N) is 1. The van der Waals surface area contributed by atoms with Gasteiger partial charge in [-0.15, -0.1) is 11.6 Å². The third-order valence-electron chi connectivity index (χ3n) is 7.15. The molecule has 0 N–H and O–H groups in total. The number of carbonyl (C=O) groups is 3. The number of alkyl halides is 1. The van der Waals surface area contributed by atoms with Crippen LogP contribution >= 0.6 is 11.6 Å². The van der Waals surface area contributed by atoms with Crippen LogP contribution < -0.4 is 4.90 Å². The predicted molar refractivity (Wildman–Crippen MR) is 123 cm³/mol. The fourth-order valence-corrected chi connectivity index (χ4v) is 6.47. The maximum atomic E-state index is 13.8. The molecule has 3 aromatic rings. The number of imide groups is 1. The van der Waals surface area contributed by atoms with Crippen molar-refractivity contribution in [1.29, 1.82) is 0 Å². The number of halogens is 1. The Morgan fingerprint density at radius 3 is 2.06 bits per heavy atom. The van der Waals surface area contributed by atoms with E-state index in [-0.39, 0.29) is 24.3 Å². The van der Waals surface area contributed by atoms with Gasteiger partial charge in [0.05, 0.1) is 29.7 Å². The molecule has 0 radical (unpaired) electrons. The average Bonchev–Trinajstić information content (AvgIpc) is 3.11. The van der Waals surface area contributed by atoms with Crippen molar-refractivity contribution in [1.82, 2.24) is 0 Å². The summed E-state index contributed by atoms with van der Waals surface area (Å²) in [6, 6.07) is 22.1. The maximum absolute atomic E-state index is 13.8. The normalized spacial score (nSPS) is 26.6. The second kappa shape index (κ2) is 7.03. The summed E-state index contributed by atoms with van der Waals surface area (Å²) in [5.74, 6) is -2.52. The number of amides is 2. The van der Waals surface area contributed by atoms with E-state index < -0.39 is 22.7 Å². The molecule has 1 saturated heterocycles. The van der Waals surface area contributed by atoms with Crippen molar-refractivity contribution >= 4 is 35.1 Å². The molecule has 33 heavy (non-hydrogen) atoms. The van der Waals surface area contributed by atoms with Crippen molar-refractivity contribution in [2.45, 2.75) is 17.7 Å². The summed E-state index contributed by atoms with van der Waals surface area (Å²) in [6.45, 7) is 2.01. The van der Waals surface area contributed by atoms with E-state index >= 15 is 0 Å². The molecule has 0 saturated carbocycles. The average molecular weight is 458 g/mol. The third-order valence-corrected chi connectivity index (χ3v) is 7.79. The number of ether oxygens (including phenoxy) is 1. The summed E-state index contributed by atoms with van der Waals surface area (Å²) >= 11 is 7.41. The fraction of sp³-hybridized carbons (Fsp3) is 0.222. The zero-order valence-electron chi connectivity index (χ0n) is 17.8. The van der Waals surface area contributed by atoms with Crippen LogP contribution in [0.3, 0.4) is 0 Å². The van der Waals surface area contributed by atoms with Crippen LogP contribution in [-0.2, 0) is 19.2 Å². The Labute approximate surface area is 195 Å². The Balaban J connectivity index is 1.48. The van der Waals surface area contributed by atoms with Gasteiger partial charge in [0, 0.05) is 5.92 Å². The van der Waals surface area contributed by atoms with Gasteiger partial charge >= 0.3 is 5.97 Å². The van der Waals surface area contributed by atoms with Crippen LogP contribution in [0.25, 0.3) is 0 Å². The Kier molecular flexibility index (Phi) is 4.30. The zero-order valence-corrected chi connectivity index (χ0v) is 18.6. The monoisotopic (exact) mass is 457 g/mol. The molecule has 0 unspecified atom stereocenters. The molecule has 4 aliphatic rings. The van der Waals surface area contributed by atoms with Crippen LogP contribution in [-0.4, -0.2) is 24.4 Å². The van der Waals surface area contributed by atoms with Gasteiger partial charge in [-0.05, 0) is 53.4 Å². The van der Waals surface area contributed by atoms with Crippen LogP contribution in [0, 0.1) is 11.8 Å². The number of rotatable bonds is 3. The van der Waals surface area contributed by atoms with Crippen molar-refractivity contribution in [2.75, 3.05) is 11.5 Å². The van der Waals surface area contributed by atoms with Gasteiger partial charge in [0.25, 0.3) is 0 Å². The molecule has 164 valence electrons. The van der Waals surface area contributed by atoms with Crippen molar-refractivity contribution in [3.63, 3.8) is 0 Å². The molecule has 1 aliphatic heterocycles. The topological polar surface area (TPSA) is 63.7 Å². The quantitative estimate of drug-likeness (QED) is 0.327. The Morgan fingerprint density at radius 2 is 1.48 bits per heavy atom. The largest absolute Gasteiger partial charge is 0.462 e. The van der Waals surface area contributed by atoms with Crippen molar-refractivity contribution in [2.24, 2.45) is 11.8 Å². The van der Waals surface area contributed by atoms with Gasteiger partial charge in [0.2, 0.25) is 11.8 Å². The molecule has 5 nitrogen and oxygen atoms in total. The lowest BCUT2D eigenvalue weighted by atomic mass is 9.54. The molecule has 3 aromatic carbocycles. The molecule has 3 aliphatic carbocycles. The third kappa shape index (κ3) is 2.51. The molecular weight excluding hydrogens is 438 g/mol. The minimum Gasteiger partial charge on any atom is -0.462 e. The lowest BCUT2D eigenvalue weighted by Gasteiger charge is -2.50. The highest BCUT2D eigenvalue weighted by Crippen LogP contribution is 2.65. The molecule has 6 heteroatoms. The van der Waals surface area contributed by atoms with Crippen LogP contribution in [0.15, 0.2) is 72.8 Å². The minimum absolute atomic E-state index is 0.233. The summed E-state index contributed by atoms with van der Waals surface area (Å²) in [4.78, 5) is 39.7. The van der Waals surface area contributed by atoms with Crippen molar-refractivity contribution in [3.05, 3.63) is 101 Å². The summed E-state index contributed by atoms with van der Waals surface area (Å²) in [7, 11) is 0. The van der Waals surface area contributed by atoms with Gasteiger partial charge in [0.15, 0.2) is 0 Å². The highest BCUT2D eigenvalue weighted by molar-refractivity contribution is 6.33. The molecule has 2 amide bonds. The predicted octanol–water partition coefficient (Wildman–Crippen LogP) is 4.61. The van der Waals surface area contributed by atoms with Crippen LogP contribution in [0.1, 0.15) is 45.5 Å². The maximum Gasteiger partial charge on any atom is 0.338 e. The summed E-state index contributed by atoms with van der Waals surface area (Å²) in [5.41, 5.74) is 4.61. The van der Waals surface area contributed by atoms with Crippen LogP contribution in [0.5, 0.6) is 0 Å². The zero-order chi connectivity index (χ0) is 22.9. The minimum atomic E-state index is -1.11. The number of hydrogen-bond acceptors (Lipinski definition) is 4. The van der Waals surface area contributed by atoms with E-state index in [1.807, 2.05) is 48.5 Å². The molecule has 0 aromatic heterocycles. The van der Waals surface area contributed by atoms with E-state index in [1.54, 1.807) is 31.2 Å². The van der Waals surface area contributed by atoms with Crippen LogP contribution in [0.2, 0.25) is 0 Å². The van der Waals surface area contributed by atoms with E-state index in [1.165, 1.54) is 4.90 Å². The Morgan fingerprint density at radius 1 is 0.909 bits per heavy atom. The summed E-state index contributed by atoms with van der Waals surface area (Å²) in [6.07, 6.45) is 0. The molecule has 0 spiro atoms. The first kappa shape index (κ1) is 20.2. The lowest BCUT2D eigenvalue weighted by Crippen LogP contribution is -2.50. The summed E-state index contributed by atoms with van der Waals surface area (Å²) in [5, 5.41) is 0. The number of benzene rings is 3. The van der Waals surface area contributed by atoms with Crippen LogP contribution in [0.4, 0.5) is 5.69 Å². The van der Waals surface area contributed by atoms with Gasteiger partial charge in [-0.25, -0.2) is 9.69 Å². The van der Waals surface area contributed by atoms with Gasteiger partial charge < -0.3 is 4.74 Å². The first-order valence-corrected chi connectivity index (χ1v) is 11.4. The molecule has 7 rings (SSSR count). The molecule has 1 fully saturated rings. The van der Waals surface area contributed by atoms with E-state index in [0.29, 0.717) is 11.3 Å². The van der Waals surface area contributed by atoms with Gasteiger partial charge in [-0.1, -0.05) is 48.5 Å². The van der Waals surface area contributed by atoms with Crippen molar-refractivity contribution < 1.29 is 19.1 Å². The first-order chi connectivity index (χ1) is 16.0. The molecule has 2 atom stereocenters. The standard InChI is InChI=1S/C27H20ClNO4/c1-2-33-26(32)15-11-13-16(14-12-15)29-24(30)22-21-17-7-3-5-9-19(17)27(28,23(22)25(29)31)20-10-6-4-8-18(20)21/h3-14,21-23H,2H2,1H3/t21?,22-,23+,27?/m0/s1. The van der Waals surface area contributed by atoms with E-state index in [0.717, 1.165) is 22.3 Å². The van der Waals surface area contributed by atoms with Gasteiger partial charge in [-0.3, -0.25) is 9.59 Å². The highest BCUT2D eigenvalue weighted by Gasteiger charge is 2.67. The van der Waals surface area contributed by atoms with Gasteiger partial charge in [0.1, 0.15) is 4.87 Å². The Hall–Kier alpha value is -3.44. The molecule has 2 bridgehead atoms. The smallest absolute Gasteiger partial charge is 0.338 e. The number of carbonyl (C=O) groups excluding carboxylic acids is 3. The number of hydrogen-bond donors (Lipinski definition) is 0. The first-order valence-electron chi connectivity index (χ1n) is 11.0. The molecular formula is C27H20ClNO4. The SMILES string of the molecule is CCOC(=O)c1ccc(N2C(=O)[C@H]3C4c5ccccc5C(Cl)(c5ccccc54)[C@H]3C2=O)cc1. The summed E-state index contributed by atoms with van der Waals surface area (Å²) < 4.78 is 5.03. The number of anilines is 1. The van der Waals surface area contributed by atoms with Crippen molar-refractivity contribution in [3.8, 4) is 0 Å². The highest BCUT2D eigenvalue weighted by atomic mass is 35.5. The van der Waals surface area contributed by atoms with Gasteiger partial charge in [-0.2, -0.15) is 0 Å². The van der Waals surface area contributed by atoms with E-state index in [4.69, 9.17) is 16.3 Å². The number of esters is 1. The second-order valence-corrected chi connectivity index (χ2v) is 9.24. The molecule has 1 heterocycles. The lowest BCUT2D eigenvalue weighted by molar-refractivity contribution is -0.122. The second-order valence-electron chi connectivity index (χ2n) is 8.65. The Bertz CT molecular complexity index is 1280.